The number of thiophene rings is 1. The van der Waals surface area contributed by atoms with Crippen LogP contribution in [0.2, 0.25) is 0 Å². The summed E-state index contributed by atoms with van der Waals surface area (Å²) in [5, 5.41) is 10.0. The van der Waals surface area contributed by atoms with Crippen LogP contribution in [0.15, 0.2) is 29.8 Å². The van der Waals surface area contributed by atoms with Crippen LogP contribution in [0.25, 0.3) is 0 Å². The quantitative estimate of drug-likeness (QED) is 0.831. The van der Waals surface area contributed by atoms with Gasteiger partial charge in [0.25, 0.3) is 0 Å². The Kier molecular flexibility index (Phi) is 4.96. The molecule has 0 fully saturated rings. The van der Waals surface area contributed by atoms with Crippen molar-refractivity contribution in [3.63, 3.8) is 0 Å². The van der Waals surface area contributed by atoms with E-state index in [-0.39, 0.29) is 0 Å². The molecule has 0 saturated carbocycles. The highest BCUT2D eigenvalue weighted by Gasteiger charge is 2.14. The molecule has 0 radical (unpaired) electrons. The number of nitrogens with zero attached hydrogens (tertiary/aromatic N) is 2. The molecule has 1 atom stereocenters. The fourth-order valence-corrected chi connectivity index (χ4v) is 2.87. The van der Waals surface area contributed by atoms with Crippen molar-refractivity contribution in [1.29, 1.82) is 0 Å². The maximum Gasteiger partial charge on any atom is 0.0550 e. The molecule has 1 N–H and O–H groups in total. The van der Waals surface area contributed by atoms with Crippen LogP contribution in [-0.2, 0) is 13.5 Å². The summed E-state index contributed by atoms with van der Waals surface area (Å²) < 4.78 is 1.97. The minimum atomic E-state index is 0.402. The largest absolute Gasteiger partial charge is 0.309 e. The molecule has 0 saturated heterocycles. The number of rotatable bonds is 7. The van der Waals surface area contributed by atoms with Gasteiger partial charge >= 0.3 is 0 Å². The maximum atomic E-state index is 4.27. The summed E-state index contributed by atoms with van der Waals surface area (Å²) in [6.07, 6.45) is 5.29. The fraction of sp³-hybridized carbons (Fsp3) is 0.500. The summed E-state index contributed by atoms with van der Waals surface area (Å²) in [4.78, 5) is 1.46. The predicted octanol–water partition coefficient (Wildman–Crippen LogP) is 3.16. The molecule has 1 unspecified atom stereocenters. The van der Waals surface area contributed by atoms with E-state index in [0.717, 1.165) is 25.8 Å². The third-order valence-corrected chi connectivity index (χ3v) is 4.05. The third kappa shape index (κ3) is 3.43. The topological polar surface area (TPSA) is 29.9 Å². The van der Waals surface area contributed by atoms with Gasteiger partial charge in [-0.15, -0.1) is 11.3 Å². The van der Waals surface area contributed by atoms with Gasteiger partial charge in [-0.05, 0) is 43.3 Å². The van der Waals surface area contributed by atoms with E-state index in [2.05, 4.69) is 40.9 Å². The van der Waals surface area contributed by atoms with Crippen molar-refractivity contribution < 1.29 is 0 Å². The van der Waals surface area contributed by atoms with E-state index in [1.54, 1.807) is 0 Å². The zero-order valence-electron chi connectivity index (χ0n) is 11.1. The van der Waals surface area contributed by atoms with Gasteiger partial charge in [-0.2, -0.15) is 5.10 Å². The summed E-state index contributed by atoms with van der Waals surface area (Å²) in [5.74, 6) is 0. The second kappa shape index (κ2) is 6.71. The Morgan fingerprint density at radius 3 is 2.94 bits per heavy atom. The van der Waals surface area contributed by atoms with E-state index in [9.17, 15) is 0 Å². The minimum absolute atomic E-state index is 0.402. The Morgan fingerprint density at radius 1 is 1.44 bits per heavy atom. The molecular weight excluding hydrogens is 242 g/mol. The highest BCUT2D eigenvalue weighted by atomic mass is 32.1. The molecule has 2 rings (SSSR count). The summed E-state index contributed by atoms with van der Waals surface area (Å²) in [7, 11) is 2.01. The van der Waals surface area contributed by atoms with Gasteiger partial charge in [0, 0.05) is 24.2 Å². The molecule has 0 spiro atoms. The zero-order chi connectivity index (χ0) is 12.8. The van der Waals surface area contributed by atoms with Crippen LogP contribution in [0.5, 0.6) is 0 Å². The van der Waals surface area contributed by atoms with Crippen molar-refractivity contribution in [2.24, 2.45) is 7.05 Å². The van der Waals surface area contributed by atoms with Gasteiger partial charge in [-0.3, -0.25) is 4.68 Å². The molecule has 2 aromatic rings. The van der Waals surface area contributed by atoms with E-state index >= 15 is 0 Å². The molecule has 18 heavy (non-hydrogen) atoms. The first kappa shape index (κ1) is 13.3. The second-order valence-electron chi connectivity index (χ2n) is 4.50. The first-order chi connectivity index (χ1) is 8.81. The maximum absolute atomic E-state index is 4.27. The van der Waals surface area contributed by atoms with E-state index < -0.39 is 0 Å². The lowest BCUT2D eigenvalue weighted by atomic mass is 10.1. The van der Waals surface area contributed by atoms with E-state index in [4.69, 9.17) is 0 Å². The van der Waals surface area contributed by atoms with Crippen molar-refractivity contribution in [3.8, 4) is 0 Å². The Morgan fingerprint density at radius 2 is 2.33 bits per heavy atom. The lowest BCUT2D eigenvalue weighted by molar-refractivity contribution is 0.469. The number of aromatic nitrogens is 2. The first-order valence-corrected chi connectivity index (χ1v) is 7.43. The number of aryl methyl sites for hydroxylation is 2. The Hall–Kier alpha value is -1.13. The molecule has 0 aliphatic carbocycles. The molecule has 0 aliphatic heterocycles. The molecule has 0 aromatic carbocycles. The fourth-order valence-electron chi connectivity index (χ4n) is 2.14. The Bertz CT molecular complexity index is 447. The molecule has 2 heterocycles. The van der Waals surface area contributed by atoms with Crippen LogP contribution in [0.1, 0.15) is 36.4 Å². The van der Waals surface area contributed by atoms with Crippen molar-refractivity contribution in [2.75, 3.05) is 6.54 Å². The van der Waals surface area contributed by atoms with Gasteiger partial charge in [0.05, 0.1) is 5.69 Å². The van der Waals surface area contributed by atoms with Crippen molar-refractivity contribution in [3.05, 3.63) is 40.3 Å². The van der Waals surface area contributed by atoms with E-state index in [0.29, 0.717) is 6.04 Å². The molecule has 0 aliphatic rings. The van der Waals surface area contributed by atoms with Crippen molar-refractivity contribution in [1.82, 2.24) is 15.1 Å². The van der Waals surface area contributed by atoms with Gasteiger partial charge < -0.3 is 5.32 Å². The highest BCUT2D eigenvalue weighted by molar-refractivity contribution is 7.09. The molecule has 4 heteroatoms. The number of hydrogen-bond acceptors (Lipinski definition) is 3. The van der Waals surface area contributed by atoms with Gasteiger partial charge in [0.2, 0.25) is 0 Å². The van der Waals surface area contributed by atoms with Crippen LogP contribution in [0.4, 0.5) is 0 Å². The predicted molar refractivity (Wildman–Crippen MR) is 76.9 cm³/mol. The average molecular weight is 263 g/mol. The van der Waals surface area contributed by atoms with Crippen LogP contribution >= 0.6 is 11.3 Å². The van der Waals surface area contributed by atoms with Crippen molar-refractivity contribution in [2.45, 2.75) is 32.2 Å². The summed E-state index contributed by atoms with van der Waals surface area (Å²) >= 11 is 1.84. The Balaban J connectivity index is 1.99. The summed E-state index contributed by atoms with van der Waals surface area (Å²) in [5.41, 5.74) is 1.28. The summed E-state index contributed by atoms with van der Waals surface area (Å²) in [6, 6.07) is 6.85. The average Bonchev–Trinajstić information content (AvgIpc) is 3.01. The zero-order valence-corrected chi connectivity index (χ0v) is 11.9. The molecular formula is C14H21N3S. The monoisotopic (exact) mass is 263 g/mol. The van der Waals surface area contributed by atoms with Gasteiger partial charge in [-0.25, -0.2) is 0 Å². The normalized spacial score (nSPS) is 12.8. The lowest BCUT2D eigenvalue weighted by Crippen LogP contribution is -2.24. The highest BCUT2D eigenvalue weighted by Crippen LogP contribution is 2.20. The van der Waals surface area contributed by atoms with Gasteiger partial charge in [0.1, 0.15) is 0 Å². The molecule has 3 nitrogen and oxygen atoms in total. The number of nitrogens with one attached hydrogen (secondary N) is 1. The van der Waals surface area contributed by atoms with Crippen molar-refractivity contribution >= 4 is 11.3 Å². The van der Waals surface area contributed by atoms with Crippen LogP contribution in [0, 0.1) is 0 Å². The SMILES string of the molecule is CCCNC(CCc1cccs1)c1ccnn1C. The summed E-state index contributed by atoms with van der Waals surface area (Å²) in [6.45, 7) is 3.26. The van der Waals surface area contributed by atoms with Crippen LogP contribution < -0.4 is 5.32 Å². The minimum Gasteiger partial charge on any atom is -0.309 e. The number of hydrogen-bond donors (Lipinski definition) is 1. The van der Waals surface area contributed by atoms with Gasteiger partial charge in [0.15, 0.2) is 0 Å². The molecule has 0 bridgehead atoms. The van der Waals surface area contributed by atoms with Crippen LogP contribution in [0.3, 0.4) is 0 Å². The Labute approximate surface area is 113 Å². The third-order valence-electron chi connectivity index (χ3n) is 3.12. The lowest BCUT2D eigenvalue weighted by Gasteiger charge is -2.18. The first-order valence-electron chi connectivity index (χ1n) is 6.55. The van der Waals surface area contributed by atoms with E-state index in [1.165, 1.54) is 10.6 Å². The van der Waals surface area contributed by atoms with E-state index in [1.807, 2.05) is 29.3 Å². The molecule has 2 aromatic heterocycles. The van der Waals surface area contributed by atoms with Gasteiger partial charge in [-0.1, -0.05) is 13.0 Å². The molecule has 98 valence electrons. The molecule has 0 amide bonds. The second-order valence-corrected chi connectivity index (χ2v) is 5.54. The standard InChI is InChI=1S/C14H21N3S/c1-3-9-15-13(14-8-10-16-17(14)2)7-6-12-5-4-11-18-12/h4-5,8,10-11,13,15H,3,6-7,9H2,1-2H3. The smallest absolute Gasteiger partial charge is 0.0550 e. The van der Waals surface area contributed by atoms with Crippen LogP contribution in [-0.4, -0.2) is 16.3 Å².